The molecule has 0 saturated carbocycles. The van der Waals surface area contributed by atoms with Crippen LogP contribution >= 0.6 is 35.3 Å². The molecule has 116 valence electrons. The van der Waals surface area contributed by atoms with E-state index in [0.29, 0.717) is 5.92 Å². The third-order valence-corrected chi connectivity index (χ3v) is 4.29. The van der Waals surface area contributed by atoms with E-state index in [0.717, 1.165) is 19.0 Å². The van der Waals surface area contributed by atoms with Gasteiger partial charge in [-0.2, -0.15) is 0 Å². The molecule has 0 aliphatic heterocycles. The van der Waals surface area contributed by atoms with E-state index in [1.807, 2.05) is 17.8 Å². The van der Waals surface area contributed by atoms with Gasteiger partial charge in [0.1, 0.15) is 0 Å². The largest absolute Gasteiger partial charge is 0.357 e. The Kier molecular flexibility index (Phi) is 7.81. The van der Waals surface area contributed by atoms with Crippen LogP contribution in [0.2, 0.25) is 0 Å². The van der Waals surface area contributed by atoms with Crippen LogP contribution in [0.1, 0.15) is 23.3 Å². The van der Waals surface area contributed by atoms with E-state index in [1.165, 1.54) is 10.4 Å². The van der Waals surface area contributed by atoms with Crippen molar-refractivity contribution < 1.29 is 0 Å². The molecule has 0 amide bonds. The zero-order valence-electron chi connectivity index (χ0n) is 12.7. The second-order valence-corrected chi connectivity index (χ2v) is 5.89. The number of rotatable bonds is 5. The lowest BCUT2D eigenvalue weighted by Gasteiger charge is -2.14. The fourth-order valence-electron chi connectivity index (χ4n) is 1.99. The molecule has 0 aromatic carbocycles. The highest BCUT2D eigenvalue weighted by atomic mass is 127. The van der Waals surface area contributed by atoms with Gasteiger partial charge in [0.25, 0.3) is 0 Å². The summed E-state index contributed by atoms with van der Waals surface area (Å²) in [4.78, 5) is 5.65. The summed E-state index contributed by atoms with van der Waals surface area (Å²) in [6.45, 7) is 3.90. The van der Waals surface area contributed by atoms with Crippen LogP contribution in [0.4, 0.5) is 0 Å². The highest BCUT2D eigenvalue weighted by Gasteiger charge is 2.07. The smallest absolute Gasteiger partial charge is 0.191 e. The van der Waals surface area contributed by atoms with Crippen LogP contribution in [0.3, 0.4) is 0 Å². The molecular formula is C15H23IN4S. The van der Waals surface area contributed by atoms with Crippen molar-refractivity contribution in [2.45, 2.75) is 19.4 Å². The average Bonchev–Trinajstić information content (AvgIpc) is 3.10. The van der Waals surface area contributed by atoms with E-state index in [4.69, 9.17) is 0 Å². The van der Waals surface area contributed by atoms with Crippen molar-refractivity contribution in [3.63, 3.8) is 0 Å². The predicted molar refractivity (Wildman–Crippen MR) is 102 cm³/mol. The Labute approximate surface area is 147 Å². The molecule has 0 fully saturated rings. The Balaban J connectivity index is 0.00000220. The highest BCUT2D eigenvalue weighted by molar-refractivity contribution is 14.0. The third-order valence-electron chi connectivity index (χ3n) is 3.18. The average molecular weight is 418 g/mol. The molecule has 6 heteroatoms. The maximum absolute atomic E-state index is 4.25. The van der Waals surface area contributed by atoms with Gasteiger partial charge in [0.2, 0.25) is 0 Å². The predicted octanol–water partition coefficient (Wildman–Crippen LogP) is 3.17. The fourth-order valence-corrected chi connectivity index (χ4v) is 2.78. The number of aromatic nitrogens is 1. The lowest BCUT2D eigenvalue weighted by atomic mass is 10.1. The Bertz CT molecular complexity index is 548. The van der Waals surface area contributed by atoms with E-state index in [1.54, 1.807) is 18.4 Å². The van der Waals surface area contributed by atoms with Gasteiger partial charge in [-0.1, -0.05) is 13.0 Å². The van der Waals surface area contributed by atoms with E-state index in [9.17, 15) is 0 Å². The first-order valence-electron chi connectivity index (χ1n) is 6.78. The molecule has 0 bridgehead atoms. The molecule has 1 unspecified atom stereocenters. The number of aryl methyl sites for hydroxylation is 1. The van der Waals surface area contributed by atoms with Crippen molar-refractivity contribution in [3.8, 4) is 0 Å². The molecule has 0 aliphatic carbocycles. The van der Waals surface area contributed by atoms with Crippen LogP contribution in [0.15, 0.2) is 41.0 Å². The number of halogens is 1. The van der Waals surface area contributed by atoms with Gasteiger partial charge >= 0.3 is 0 Å². The molecule has 0 saturated heterocycles. The Morgan fingerprint density at radius 3 is 2.76 bits per heavy atom. The Hall–Kier alpha value is -1.02. The molecule has 0 spiro atoms. The highest BCUT2D eigenvalue weighted by Crippen LogP contribution is 2.19. The van der Waals surface area contributed by atoms with Crippen molar-refractivity contribution in [1.29, 1.82) is 0 Å². The van der Waals surface area contributed by atoms with E-state index in [-0.39, 0.29) is 24.0 Å². The SMILES string of the molecule is CN=C(NCc1ccn(C)c1)NCC(C)c1cccs1.I. The molecule has 4 nitrogen and oxygen atoms in total. The number of nitrogens with one attached hydrogen (secondary N) is 2. The minimum Gasteiger partial charge on any atom is -0.357 e. The summed E-state index contributed by atoms with van der Waals surface area (Å²) in [6, 6.07) is 6.38. The zero-order chi connectivity index (χ0) is 14.4. The molecule has 2 aromatic rings. The number of aliphatic imine (C=N–C) groups is 1. The van der Waals surface area contributed by atoms with Gasteiger partial charge in [-0.15, -0.1) is 35.3 Å². The van der Waals surface area contributed by atoms with Gasteiger partial charge < -0.3 is 15.2 Å². The minimum absolute atomic E-state index is 0. The Morgan fingerprint density at radius 2 is 2.19 bits per heavy atom. The van der Waals surface area contributed by atoms with Crippen molar-refractivity contribution in [2.24, 2.45) is 12.0 Å². The van der Waals surface area contributed by atoms with Gasteiger partial charge in [-0.3, -0.25) is 4.99 Å². The number of nitrogens with zero attached hydrogens (tertiary/aromatic N) is 2. The first kappa shape index (κ1) is 18.0. The summed E-state index contributed by atoms with van der Waals surface area (Å²) >= 11 is 1.80. The second kappa shape index (κ2) is 9.09. The summed E-state index contributed by atoms with van der Waals surface area (Å²) in [5, 5.41) is 8.82. The molecule has 1 atom stereocenters. The van der Waals surface area contributed by atoms with Crippen molar-refractivity contribution in [2.75, 3.05) is 13.6 Å². The van der Waals surface area contributed by atoms with E-state index >= 15 is 0 Å². The second-order valence-electron chi connectivity index (χ2n) is 4.91. The van der Waals surface area contributed by atoms with Crippen molar-refractivity contribution >= 4 is 41.3 Å². The number of hydrogen-bond acceptors (Lipinski definition) is 2. The molecule has 2 N–H and O–H groups in total. The minimum atomic E-state index is 0. The van der Waals surface area contributed by atoms with Crippen LogP contribution in [-0.4, -0.2) is 24.1 Å². The van der Waals surface area contributed by atoms with E-state index < -0.39 is 0 Å². The van der Waals surface area contributed by atoms with Crippen LogP contribution in [-0.2, 0) is 13.6 Å². The maximum Gasteiger partial charge on any atom is 0.191 e. The molecule has 2 heterocycles. The third kappa shape index (κ3) is 5.70. The van der Waals surface area contributed by atoms with Crippen LogP contribution in [0.5, 0.6) is 0 Å². The standard InChI is InChI=1S/C15H22N4S.HI/c1-12(14-5-4-8-20-14)9-17-15(16-2)18-10-13-6-7-19(3)11-13;/h4-8,11-12H,9-10H2,1-3H3,(H2,16,17,18);1H. The van der Waals surface area contributed by atoms with Crippen molar-refractivity contribution in [1.82, 2.24) is 15.2 Å². The molecule has 0 radical (unpaired) electrons. The van der Waals surface area contributed by atoms with Gasteiger partial charge in [0, 0.05) is 50.4 Å². The van der Waals surface area contributed by atoms with Gasteiger partial charge in [0.05, 0.1) is 0 Å². The van der Waals surface area contributed by atoms with Crippen LogP contribution in [0.25, 0.3) is 0 Å². The van der Waals surface area contributed by atoms with Gasteiger partial charge in [0.15, 0.2) is 5.96 Å². The summed E-state index contributed by atoms with van der Waals surface area (Å²) in [5.41, 5.74) is 1.25. The van der Waals surface area contributed by atoms with E-state index in [2.05, 4.69) is 52.3 Å². The topological polar surface area (TPSA) is 41.4 Å². The van der Waals surface area contributed by atoms with Crippen molar-refractivity contribution in [3.05, 3.63) is 46.4 Å². The lowest BCUT2D eigenvalue weighted by molar-refractivity contribution is 0.708. The van der Waals surface area contributed by atoms with Gasteiger partial charge in [-0.05, 0) is 23.1 Å². The first-order valence-corrected chi connectivity index (χ1v) is 7.65. The monoisotopic (exact) mass is 418 g/mol. The fraction of sp³-hybridized carbons (Fsp3) is 0.400. The quantitative estimate of drug-likeness (QED) is 0.445. The summed E-state index contributed by atoms with van der Waals surface area (Å²) < 4.78 is 2.05. The summed E-state index contributed by atoms with van der Waals surface area (Å²) in [7, 11) is 3.83. The summed E-state index contributed by atoms with van der Waals surface area (Å²) in [5.74, 6) is 1.34. The summed E-state index contributed by atoms with van der Waals surface area (Å²) in [6.07, 6.45) is 4.15. The Morgan fingerprint density at radius 1 is 1.38 bits per heavy atom. The first-order chi connectivity index (χ1) is 9.69. The van der Waals surface area contributed by atoms with Crippen LogP contribution in [0, 0.1) is 0 Å². The zero-order valence-corrected chi connectivity index (χ0v) is 15.8. The molecule has 21 heavy (non-hydrogen) atoms. The normalized spacial score (nSPS) is 12.6. The number of thiophene rings is 1. The lowest BCUT2D eigenvalue weighted by Crippen LogP contribution is -2.38. The van der Waals surface area contributed by atoms with Crippen LogP contribution < -0.4 is 10.6 Å². The maximum atomic E-state index is 4.25. The molecule has 2 aromatic heterocycles. The number of hydrogen-bond donors (Lipinski definition) is 2. The number of guanidine groups is 1. The molecule has 2 rings (SSSR count). The molecular weight excluding hydrogens is 395 g/mol. The molecule has 0 aliphatic rings. The van der Waals surface area contributed by atoms with Gasteiger partial charge in [-0.25, -0.2) is 0 Å².